The van der Waals surface area contributed by atoms with Crippen LogP contribution in [0.2, 0.25) is 0 Å². The summed E-state index contributed by atoms with van der Waals surface area (Å²) in [5.41, 5.74) is 1.59. The van der Waals surface area contributed by atoms with Gasteiger partial charge >= 0.3 is 6.03 Å². The van der Waals surface area contributed by atoms with Gasteiger partial charge in [0.15, 0.2) is 0 Å². The van der Waals surface area contributed by atoms with Crippen molar-refractivity contribution in [1.29, 1.82) is 0 Å². The van der Waals surface area contributed by atoms with Crippen LogP contribution in [-0.4, -0.2) is 22.5 Å². The smallest absolute Gasteiger partial charge is 0.318 e. The number of hydrogen-bond acceptors (Lipinski definition) is 2. The molecule has 1 aliphatic heterocycles. The van der Waals surface area contributed by atoms with E-state index in [9.17, 15) is 9.18 Å². The fraction of sp³-hybridized carbons (Fsp3) is 0.294. The SMILES string of the molecule is O=C(NCc1ccccc1F)N1CCC[C@@H]1c1ccncc1. The van der Waals surface area contributed by atoms with E-state index in [1.54, 1.807) is 30.6 Å². The summed E-state index contributed by atoms with van der Waals surface area (Å²) >= 11 is 0. The number of amides is 2. The maximum atomic E-state index is 13.6. The molecule has 0 bridgehead atoms. The summed E-state index contributed by atoms with van der Waals surface area (Å²) in [5, 5.41) is 2.81. The molecule has 2 heterocycles. The van der Waals surface area contributed by atoms with Crippen LogP contribution in [0.4, 0.5) is 9.18 Å². The number of nitrogens with zero attached hydrogens (tertiary/aromatic N) is 2. The molecule has 0 saturated carbocycles. The predicted octanol–water partition coefficient (Wildman–Crippen LogP) is 3.27. The number of hydrogen-bond donors (Lipinski definition) is 1. The van der Waals surface area contributed by atoms with Crippen molar-refractivity contribution in [1.82, 2.24) is 15.2 Å². The zero-order chi connectivity index (χ0) is 15.4. The summed E-state index contributed by atoms with van der Waals surface area (Å²) in [6, 6.07) is 10.3. The van der Waals surface area contributed by atoms with Gasteiger partial charge < -0.3 is 10.2 Å². The molecular weight excluding hydrogens is 281 g/mol. The van der Waals surface area contributed by atoms with Crippen LogP contribution in [0.5, 0.6) is 0 Å². The van der Waals surface area contributed by atoms with Crippen molar-refractivity contribution >= 4 is 6.03 Å². The number of benzene rings is 1. The summed E-state index contributed by atoms with van der Waals surface area (Å²) in [6.45, 7) is 0.918. The molecule has 3 rings (SSSR count). The van der Waals surface area contributed by atoms with Gasteiger partial charge in [-0.1, -0.05) is 18.2 Å². The van der Waals surface area contributed by atoms with E-state index in [-0.39, 0.29) is 24.4 Å². The Morgan fingerprint density at radius 1 is 1.27 bits per heavy atom. The molecule has 1 aromatic heterocycles. The maximum Gasteiger partial charge on any atom is 0.318 e. The molecular formula is C17H18FN3O. The molecule has 1 N–H and O–H groups in total. The van der Waals surface area contributed by atoms with Crippen molar-refractivity contribution in [2.75, 3.05) is 6.54 Å². The zero-order valence-corrected chi connectivity index (χ0v) is 12.2. The van der Waals surface area contributed by atoms with Crippen LogP contribution < -0.4 is 5.32 Å². The van der Waals surface area contributed by atoms with Gasteiger partial charge in [-0.25, -0.2) is 9.18 Å². The van der Waals surface area contributed by atoms with E-state index in [0.717, 1.165) is 24.9 Å². The molecule has 0 aliphatic carbocycles. The summed E-state index contributed by atoms with van der Waals surface area (Å²) < 4.78 is 13.6. The first-order valence-electron chi connectivity index (χ1n) is 7.43. The Labute approximate surface area is 129 Å². The number of nitrogens with one attached hydrogen (secondary N) is 1. The molecule has 1 aliphatic rings. The van der Waals surface area contributed by atoms with E-state index < -0.39 is 0 Å². The first-order chi connectivity index (χ1) is 10.8. The minimum absolute atomic E-state index is 0.0728. The number of rotatable bonds is 3. The number of likely N-dealkylation sites (tertiary alicyclic amines) is 1. The monoisotopic (exact) mass is 299 g/mol. The average Bonchev–Trinajstić information content (AvgIpc) is 3.04. The Bertz CT molecular complexity index is 647. The quantitative estimate of drug-likeness (QED) is 0.945. The number of pyridine rings is 1. The zero-order valence-electron chi connectivity index (χ0n) is 12.2. The van der Waals surface area contributed by atoms with Crippen molar-refractivity contribution in [3.8, 4) is 0 Å². The van der Waals surface area contributed by atoms with Crippen molar-refractivity contribution in [3.63, 3.8) is 0 Å². The molecule has 22 heavy (non-hydrogen) atoms. The molecule has 2 amide bonds. The van der Waals surface area contributed by atoms with Gasteiger partial charge in [0.05, 0.1) is 6.04 Å². The molecule has 1 atom stereocenters. The standard InChI is InChI=1S/C17H18FN3O/c18-15-5-2-1-4-14(15)12-20-17(22)21-11-3-6-16(21)13-7-9-19-10-8-13/h1-2,4-5,7-10,16H,3,6,11-12H2,(H,20,22)/t16-/m1/s1. The van der Waals surface area contributed by atoms with E-state index in [1.165, 1.54) is 6.07 Å². The number of aromatic nitrogens is 1. The summed E-state index contributed by atoms with van der Waals surface area (Å²) in [7, 11) is 0. The Balaban J connectivity index is 1.65. The molecule has 2 aromatic rings. The molecule has 0 spiro atoms. The van der Waals surface area contributed by atoms with Gasteiger partial charge in [-0.3, -0.25) is 4.98 Å². The number of urea groups is 1. The number of halogens is 1. The van der Waals surface area contributed by atoms with Gasteiger partial charge in [-0.05, 0) is 36.6 Å². The first-order valence-corrected chi connectivity index (χ1v) is 7.43. The fourth-order valence-electron chi connectivity index (χ4n) is 2.86. The van der Waals surface area contributed by atoms with E-state index >= 15 is 0 Å². The summed E-state index contributed by atoms with van der Waals surface area (Å²) in [6.07, 6.45) is 5.39. The van der Waals surface area contributed by atoms with Gasteiger partial charge in [-0.2, -0.15) is 0 Å². The van der Waals surface area contributed by atoms with Gasteiger partial charge in [0.25, 0.3) is 0 Å². The lowest BCUT2D eigenvalue weighted by molar-refractivity contribution is 0.192. The summed E-state index contributed by atoms with van der Waals surface area (Å²) in [5.74, 6) is -0.296. The fourth-order valence-corrected chi connectivity index (χ4v) is 2.86. The molecule has 114 valence electrons. The minimum Gasteiger partial charge on any atom is -0.334 e. The highest BCUT2D eigenvalue weighted by molar-refractivity contribution is 5.75. The van der Waals surface area contributed by atoms with E-state index in [1.807, 2.05) is 17.0 Å². The third kappa shape index (κ3) is 3.08. The summed E-state index contributed by atoms with van der Waals surface area (Å²) in [4.78, 5) is 18.2. The second kappa shape index (κ2) is 6.56. The van der Waals surface area contributed by atoms with Gasteiger partial charge in [-0.15, -0.1) is 0 Å². The van der Waals surface area contributed by atoms with Crippen LogP contribution >= 0.6 is 0 Å². The van der Waals surface area contributed by atoms with Gasteiger partial charge in [0.1, 0.15) is 5.82 Å². The van der Waals surface area contributed by atoms with Gasteiger partial charge in [0.2, 0.25) is 0 Å². The van der Waals surface area contributed by atoms with Gasteiger partial charge in [0, 0.05) is 31.0 Å². The second-order valence-corrected chi connectivity index (χ2v) is 5.38. The van der Waals surface area contributed by atoms with Crippen LogP contribution in [0.25, 0.3) is 0 Å². The molecule has 1 aromatic carbocycles. The highest BCUT2D eigenvalue weighted by atomic mass is 19.1. The lowest BCUT2D eigenvalue weighted by atomic mass is 10.1. The molecule has 0 unspecified atom stereocenters. The molecule has 0 radical (unpaired) electrons. The maximum absolute atomic E-state index is 13.6. The third-order valence-electron chi connectivity index (χ3n) is 3.99. The Morgan fingerprint density at radius 3 is 2.82 bits per heavy atom. The minimum atomic E-state index is -0.296. The molecule has 4 nitrogen and oxygen atoms in total. The number of carbonyl (C=O) groups excluding carboxylic acids is 1. The van der Waals surface area contributed by atoms with Crippen LogP contribution in [-0.2, 0) is 6.54 Å². The van der Waals surface area contributed by atoms with E-state index in [4.69, 9.17) is 0 Å². The third-order valence-corrected chi connectivity index (χ3v) is 3.99. The largest absolute Gasteiger partial charge is 0.334 e. The molecule has 1 fully saturated rings. The topological polar surface area (TPSA) is 45.2 Å². The average molecular weight is 299 g/mol. The molecule has 5 heteroatoms. The lowest BCUT2D eigenvalue weighted by Gasteiger charge is -2.25. The van der Waals surface area contributed by atoms with E-state index in [0.29, 0.717) is 5.56 Å². The van der Waals surface area contributed by atoms with Crippen LogP contribution in [0.15, 0.2) is 48.8 Å². The lowest BCUT2D eigenvalue weighted by Crippen LogP contribution is -2.39. The second-order valence-electron chi connectivity index (χ2n) is 5.38. The predicted molar refractivity (Wildman–Crippen MR) is 81.6 cm³/mol. The molecule has 1 saturated heterocycles. The van der Waals surface area contributed by atoms with E-state index in [2.05, 4.69) is 10.3 Å². The highest BCUT2D eigenvalue weighted by Gasteiger charge is 2.29. The van der Waals surface area contributed by atoms with Crippen molar-refractivity contribution in [2.24, 2.45) is 0 Å². The Kier molecular flexibility index (Phi) is 4.32. The van der Waals surface area contributed by atoms with Crippen LogP contribution in [0.3, 0.4) is 0 Å². The van der Waals surface area contributed by atoms with Crippen LogP contribution in [0, 0.1) is 5.82 Å². The first kappa shape index (κ1) is 14.5. The van der Waals surface area contributed by atoms with Crippen molar-refractivity contribution in [2.45, 2.75) is 25.4 Å². The normalized spacial score (nSPS) is 17.5. The highest BCUT2D eigenvalue weighted by Crippen LogP contribution is 2.31. The van der Waals surface area contributed by atoms with Crippen LogP contribution in [0.1, 0.15) is 30.0 Å². The number of carbonyl (C=O) groups is 1. The Morgan fingerprint density at radius 2 is 2.05 bits per heavy atom. The Hall–Kier alpha value is -2.43. The van der Waals surface area contributed by atoms with Crippen molar-refractivity contribution < 1.29 is 9.18 Å². The van der Waals surface area contributed by atoms with Crippen molar-refractivity contribution in [3.05, 3.63) is 65.7 Å².